The van der Waals surface area contributed by atoms with Crippen molar-refractivity contribution in [1.82, 2.24) is 16.0 Å². The minimum absolute atomic E-state index is 0.254. The number of hydrogen-bond donors (Lipinski definition) is 3. The summed E-state index contributed by atoms with van der Waals surface area (Å²) >= 11 is 0. The third kappa shape index (κ3) is 5.09. The van der Waals surface area contributed by atoms with Crippen molar-refractivity contribution in [3.8, 4) is 0 Å². The summed E-state index contributed by atoms with van der Waals surface area (Å²) in [4.78, 5) is 22.9. The van der Waals surface area contributed by atoms with Crippen LogP contribution in [0.25, 0.3) is 0 Å². The maximum Gasteiger partial charge on any atom is 0.315 e. The van der Waals surface area contributed by atoms with Crippen LogP contribution in [0.2, 0.25) is 0 Å². The van der Waals surface area contributed by atoms with Gasteiger partial charge in [-0.1, -0.05) is 12.1 Å². The maximum absolute atomic E-state index is 13.3. The molecule has 0 unspecified atom stereocenters. The van der Waals surface area contributed by atoms with Gasteiger partial charge in [-0.3, -0.25) is 4.79 Å². The molecule has 0 aliphatic heterocycles. The highest BCUT2D eigenvalue weighted by Crippen LogP contribution is 2.08. The van der Waals surface area contributed by atoms with Crippen molar-refractivity contribution in [2.75, 3.05) is 19.6 Å². The Hall–Kier alpha value is -2.37. The average Bonchev–Trinajstić information content (AvgIpc) is 2.44. The Morgan fingerprint density at radius 3 is 2.60 bits per heavy atom. The summed E-state index contributed by atoms with van der Waals surface area (Å²) in [6.07, 6.45) is 1.56. The Labute approximate surface area is 117 Å². The van der Waals surface area contributed by atoms with Gasteiger partial charge in [-0.05, 0) is 24.6 Å². The first-order valence-corrected chi connectivity index (χ1v) is 6.21. The van der Waals surface area contributed by atoms with Gasteiger partial charge in [0.1, 0.15) is 5.82 Å². The molecule has 0 aliphatic carbocycles. The number of aryl methyl sites for hydroxylation is 1. The zero-order chi connectivity index (χ0) is 15.0. The van der Waals surface area contributed by atoms with E-state index in [1.54, 1.807) is 25.1 Å². The second-order valence-corrected chi connectivity index (χ2v) is 4.15. The van der Waals surface area contributed by atoms with E-state index >= 15 is 0 Å². The molecule has 3 N–H and O–H groups in total. The summed E-state index contributed by atoms with van der Waals surface area (Å²) in [5.74, 6) is -0.795. The van der Waals surface area contributed by atoms with Crippen molar-refractivity contribution in [3.63, 3.8) is 0 Å². The van der Waals surface area contributed by atoms with Gasteiger partial charge in [0.05, 0.1) is 0 Å². The molecule has 0 saturated carbocycles. The molecule has 0 atom stereocenters. The molecule has 3 amide bonds. The first kappa shape index (κ1) is 15.7. The molecule has 20 heavy (non-hydrogen) atoms. The van der Waals surface area contributed by atoms with Crippen molar-refractivity contribution in [1.29, 1.82) is 0 Å². The quantitative estimate of drug-likeness (QED) is 0.543. The number of benzene rings is 1. The van der Waals surface area contributed by atoms with E-state index < -0.39 is 5.82 Å². The zero-order valence-electron chi connectivity index (χ0n) is 11.3. The minimum Gasteiger partial charge on any atom is -0.350 e. The fourth-order valence-corrected chi connectivity index (χ4v) is 1.42. The van der Waals surface area contributed by atoms with E-state index in [4.69, 9.17) is 0 Å². The molecule has 0 heterocycles. The number of nitrogens with one attached hydrogen (secondary N) is 3. The van der Waals surface area contributed by atoms with Crippen LogP contribution in [0.3, 0.4) is 0 Å². The highest BCUT2D eigenvalue weighted by Gasteiger charge is 2.07. The molecule has 0 radical (unpaired) electrons. The molecule has 0 aromatic heterocycles. The molecular formula is C14H18FN3O2. The summed E-state index contributed by atoms with van der Waals surface area (Å²) in [6, 6.07) is 3.96. The molecule has 0 saturated heterocycles. The number of hydrogen-bond acceptors (Lipinski definition) is 2. The van der Waals surface area contributed by atoms with Crippen LogP contribution < -0.4 is 16.0 Å². The topological polar surface area (TPSA) is 70.2 Å². The van der Waals surface area contributed by atoms with Gasteiger partial charge in [-0.2, -0.15) is 0 Å². The lowest BCUT2D eigenvalue weighted by Crippen LogP contribution is -2.40. The summed E-state index contributed by atoms with van der Waals surface area (Å²) in [5.41, 5.74) is 0.742. The summed E-state index contributed by atoms with van der Waals surface area (Å²) < 4.78 is 13.3. The normalized spacial score (nSPS) is 9.70. The van der Waals surface area contributed by atoms with Crippen LogP contribution in [0.15, 0.2) is 30.9 Å². The fourth-order valence-electron chi connectivity index (χ4n) is 1.42. The lowest BCUT2D eigenvalue weighted by Gasteiger charge is -2.08. The van der Waals surface area contributed by atoms with E-state index in [2.05, 4.69) is 22.5 Å². The fraction of sp³-hybridized carbons (Fsp3) is 0.286. The monoisotopic (exact) mass is 279 g/mol. The standard InChI is InChI=1S/C14H18FN3O2/c1-3-6-17-14(20)18-8-7-16-13(19)11-5-4-10(2)12(15)9-11/h3-5,9H,1,6-8H2,2H3,(H,16,19)(H2,17,18,20). The number of halogens is 1. The molecule has 6 heteroatoms. The summed E-state index contributed by atoms with van der Waals surface area (Å²) in [6.45, 7) is 6.01. The number of rotatable bonds is 6. The molecule has 1 aromatic carbocycles. The molecular weight excluding hydrogens is 261 g/mol. The first-order valence-electron chi connectivity index (χ1n) is 6.21. The van der Waals surface area contributed by atoms with Gasteiger partial charge in [-0.15, -0.1) is 6.58 Å². The van der Waals surface area contributed by atoms with Gasteiger partial charge in [0.25, 0.3) is 5.91 Å². The Balaban J connectivity index is 2.31. The van der Waals surface area contributed by atoms with Gasteiger partial charge in [0, 0.05) is 25.2 Å². The predicted octanol–water partition coefficient (Wildman–Crippen LogP) is 1.35. The second kappa shape index (κ2) is 7.93. The SMILES string of the molecule is C=CCNC(=O)NCCNC(=O)c1ccc(C)c(F)c1. The third-order valence-corrected chi connectivity index (χ3v) is 2.54. The van der Waals surface area contributed by atoms with Gasteiger partial charge in [0.15, 0.2) is 0 Å². The van der Waals surface area contributed by atoms with Crippen LogP contribution in [0, 0.1) is 12.7 Å². The molecule has 5 nitrogen and oxygen atoms in total. The number of urea groups is 1. The van der Waals surface area contributed by atoms with Crippen LogP contribution in [0.4, 0.5) is 9.18 Å². The summed E-state index contributed by atoms with van der Waals surface area (Å²) in [5, 5.41) is 7.68. The van der Waals surface area contributed by atoms with Crippen molar-refractivity contribution < 1.29 is 14.0 Å². The maximum atomic E-state index is 13.3. The Kier molecular flexibility index (Phi) is 6.22. The van der Waals surface area contributed by atoms with E-state index in [1.807, 2.05) is 0 Å². The van der Waals surface area contributed by atoms with E-state index in [9.17, 15) is 14.0 Å². The predicted molar refractivity (Wildman–Crippen MR) is 75.1 cm³/mol. The average molecular weight is 279 g/mol. The van der Waals surface area contributed by atoms with Crippen molar-refractivity contribution in [2.45, 2.75) is 6.92 Å². The molecule has 0 aliphatic rings. The highest BCUT2D eigenvalue weighted by atomic mass is 19.1. The van der Waals surface area contributed by atoms with Crippen molar-refractivity contribution >= 4 is 11.9 Å². The van der Waals surface area contributed by atoms with E-state index in [-0.39, 0.29) is 30.6 Å². The number of carbonyl (C=O) groups is 2. The number of carbonyl (C=O) groups excluding carboxylic acids is 2. The van der Waals surface area contributed by atoms with Gasteiger partial charge in [0.2, 0.25) is 0 Å². The smallest absolute Gasteiger partial charge is 0.315 e. The Morgan fingerprint density at radius 1 is 1.25 bits per heavy atom. The van der Waals surface area contributed by atoms with Crippen LogP contribution >= 0.6 is 0 Å². The Morgan fingerprint density at radius 2 is 1.95 bits per heavy atom. The lowest BCUT2D eigenvalue weighted by molar-refractivity contribution is 0.0953. The molecule has 1 rings (SSSR count). The van der Waals surface area contributed by atoms with Gasteiger partial charge < -0.3 is 16.0 Å². The van der Waals surface area contributed by atoms with E-state index in [0.29, 0.717) is 12.1 Å². The summed E-state index contributed by atoms with van der Waals surface area (Å²) in [7, 11) is 0. The van der Waals surface area contributed by atoms with Crippen molar-refractivity contribution in [2.24, 2.45) is 0 Å². The zero-order valence-corrected chi connectivity index (χ0v) is 11.3. The van der Waals surface area contributed by atoms with Gasteiger partial charge >= 0.3 is 6.03 Å². The van der Waals surface area contributed by atoms with Gasteiger partial charge in [-0.25, -0.2) is 9.18 Å². The second-order valence-electron chi connectivity index (χ2n) is 4.15. The molecule has 108 valence electrons. The largest absolute Gasteiger partial charge is 0.350 e. The minimum atomic E-state index is -0.417. The molecule has 0 bridgehead atoms. The molecule has 1 aromatic rings. The van der Waals surface area contributed by atoms with E-state index in [0.717, 1.165) is 0 Å². The van der Waals surface area contributed by atoms with E-state index in [1.165, 1.54) is 6.07 Å². The molecule has 0 fully saturated rings. The lowest BCUT2D eigenvalue weighted by atomic mass is 10.1. The third-order valence-electron chi connectivity index (χ3n) is 2.54. The molecule has 0 spiro atoms. The Bertz CT molecular complexity index is 503. The van der Waals surface area contributed by atoms with Crippen LogP contribution in [-0.4, -0.2) is 31.6 Å². The first-order chi connectivity index (χ1) is 9.54. The number of amides is 3. The van der Waals surface area contributed by atoms with Crippen LogP contribution in [0.1, 0.15) is 15.9 Å². The van der Waals surface area contributed by atoms with Crippen LogP contribution in [-0.2, 0) is 0 Å². The van der Waals surface area contributed by atoms with Crippen molar-refractivity contribution in [3.05, 3.63) is 47.8 Å². The highest BCUT2D eigenvalue weighted by molar-refractivity contribution is 5.94. The van der Waals surface area contributed by atoms with Crippen LogP contribution in [0.5, 0.6) is 0 Å².